The summed E-state index contributed by atoms with van der Waals surface area (Å²) in [4.78, 5) is 10.7. The molecule has 0 aromatic rings. The molecule has 4 aliphatic carbocycles. The van der Waals surface area contributed by atoms with Crippen LogP contribution in [0.1, 0.15) is 105 Å². The summed E-state index contributed by atoms with van der Waals surface area (Å²) in [7, 11) is 0. The Kier molecular flexibility index (Phi) is 8.56. The van der Waals surface area contributed by atoms with Crippen LogP contribution in [0, 0.1) is 77.5 Å². The molecule has 174 valence electrons. The van der Waals surface area contributed by atoms with E-state index in [2.05, 4.69) is 40.7 Å². The van der Waals surface area contributed by atoms with Crippen molar-refractivity contribution < 1.29 is 40.6 Å². The van der Waals surface area contributed by atoms with E-state index in [9.17, 15) is 4.79 Å². The van der Waals surface area contributed by atoms with Gasteiger partial charge in [0.2, 0.25) is 0 Å². The predicted molar refractivity (Wildman–Crippen MR) is 124 cm³/mol. The van der Waals surface area contributed by atoms with Crippen molar-refractivity contribution >= 4 is 6.47 Å². The quantitative estimate of drug-likeness (QED) is 0.211. The second-order valence-corrected chi connectivity index (χ2v) is 12.4. The molecule has 3 fully saturated rings. The Morgan fingerprint density at radius 1 is 1.06 bits per heavy atom. The van der Waals surface area contributed by atoms with Crippen LogP contribution < -0.4 is 0 Å². The van der Waals surface area contributed by atoms with Crippen LogP contribution in [0.25, 0.3) is 0 Å². The molecule has 0 spiro atoms. The minimum Gasteiger partial charge on any atom is -0.650 e. The van der Waals surface area contributed by atoms with E-state index in [0.717, 1.165) is 48.3 Å². The van der Waals surface area contributed by atoms with E-state index in [1.54, 1.807) is 12.0 Å². The third-order valence-corrected chi connectivity index (χ3v) is 10.5. The molecule has 0 N–H and O–H groups in total. The van der Waals surface area contributed by atoms with E-state index in [-0.39, 0.29) is 37.2 Å². The van der Waals surface area contributed by atoms with Gasteiger partial charge in [-0.25, -0.2) is 0 Å². The molecule has 0 bridgehead atoms. The van der Waals surface area contributed by atoms with Gasteiger partial charge in [-0.15, -0.1) is 0 Å². The zero-order valence-electron chi connectivity index (χ0n) is 20.7. The first-order valence-corrected chi connectivity index (χ1v) is 13.0. The first kappa shape index (κ1) is 25.9. The Labute approximate surface area is 215 Å². The molecular weight excluding hydrogens is 606 g/mol. The zero-order valence-corrected chi connectivity index (χ0v) is 24.9. The molecule has 8 atom stereocenters. The first-order chi connectivity index (χ1) is 14.3. The Balaban J connectivity index is 0.00000272. The van der Waals surface area contributed by atoms with Crippen molar-refractivity contribution in [3.63, 3.8) is 0 Å². The van der Waals surface area contributed by atoms with Crippen molar-refractivity contribution in [3.8, 4) is 0 Å². The molecule has 0 heterocycles. The van der Waals surface area contributed by atoms with E-state index in [4.69, 9.17) is 4.74 Å². The topological polar surface area (TPSA) is 26.3 Å². The molecule has 31 heavy (non-hydrogen) atoms. The van der Waals surface area contributed by atoms with E-state index in [0.29, 0.717) is 10.8 Å². The summed E-state index contributed by atoms with van der Waals surface area (Å²) in [6.45, 7) is 14.2. The molecule has 3 heteroatoms. The van der Waals surface area contributed by atoms with Crippen molar-refractivity contribution in [2.45, 2.75) is 111 Å². The zero-order chi connectivity index (χ0) is 21.5. The Hall–Kier alpha value is 0.262. The van der Waals surface area contributed by atoms with Crippen LogP contribution in [0.2, 0.25) is 0 Å². The maximum Gasteiger partial charge on any atom is 0.0634 e. The van der Waals surface area contributed by atoms with Crippen LogP contribution in [0.5, 0.6) is 0 Å². The number of carbonyl (C=O) groups excluding carboxylic acids is 1. The molecule has 0 aliphatic heterocycles. The van der Waals surface area contributed by atoms with Gasteiger partial charge in [0, 0.05) is 37.5 Å². The summed E-state index contributed by atoms with van der Waals surface area (Å²) in [6, 6.07) is 0. The monoisotopic (exact) mass is 651 g/mol. The third kappa shape index (κ3) is 4.76. The molecule has 0 radical (unpaired) electrons. The van der Waals surface area contributed by atoms with Gasteiger partial charge in [-0.1, -0.05) is 72.0 Å². The second-order valence-electron chi connectivity index (χ2n) is 12.4. The fraction of sp³-hybridized carbons (Fsp3) is 0.893. The van der Waals surface area contributed by atoms with Gasteiger partial charge in [0.25, 0.3) is 0 Å². The van der Waals surface area contributed by atoms with E-state index >= 15 is 0 Å². The predicted octanol–water partition coefficient (Wildman–Crippen LogP) is 7.48. The molecule has 0 aromatic heterocycles. The van der Waals surface area contributed by atoms with Gasteiger partial charge in [-0.2, -0.15) is 0 Å². The van der Waals surface area contributed by atoms with E-state index in [1.165, 1.54) is 57.8 Å². The number of fused-ring (bicyclic) bond motifs is 5. The van der Waals surface area contributed by atoms with Crippen molar-refractivity contribution in [2.75, 3.05) is 0 Å². The maximum atomic E-state index is 10.7. The molecule has 3 saturated carbocycles. The summed E-state index contributed by atoms with van der Waals surface area (Å²) in [5.74, 6) is 5.29. The van der Waals surface area contributed by atoms with Gasteiger partial charge < -0.3 is 9.53 Å². The fourth-order valence-electron chi connectivity index (χ4n) is 8.82. The summed E-state index contributed by atoms with van der Waals surface area (Å²) in [5.41, 5.74) is 2.50. The minimum absolute atomic E-state index is 0. The number of hydrogen-bond acceptors (Lipinski definition) is 2. The van der Waals surface area contributed by atoms with Crippen LogP contribution in [-0.2, 0) is 9.53 Å². The summed E-state index contributed by atoms with van der Waals surface area (Å²) < 4.78 is 5.24. The molecule has 8 unspecified atom stereocenters. The van der Waals surface area contributed by atoms with E-state index < -0.39 is 0 Å². The largest absolute Gasteiger partial charge is 0.650 e. The molecule has 2 nitrogen and oxygen atoms in total. The van der Waals surface area contributed by atoms with E-state index in [1.807, 2.05) is 0 Å². The number of allylic oxidation sites excluding steroid dienone is 1. The molecular formula is C28H45O2U-. The standard InChI is InChI=1S/C28H45O2.U/c1-19(2)7-6-8-20(3)24-11-12-25-23-10-9-21-17-22(30-18-29)13-15-27(21,4)26(23)14-16-28(24,25)5;/h9,19-20,22-26H,6-8,10-17H2,1-5H3;/q-1;. The molecule has 4 aliphatic rings. The second kappa shape index (κ2) is 10.3. The Morgan fingerprint density at radius 2 is 1.84 bits per heavy atom. The van der Waals surface area contributed by atoms with Crippen LogP contribution in [0.15, 0.2) is 11.6 Å². The number of rotatable bonds is 7. The van der Waals surface area contributed by atoms with Gasteiger partial charge in [-0.3, -0.25) is 0 Å². The van der Waals surface area contributed by atoms with Crippen molar-refractivity contribution in [2.24, 2.45) is 46.3 Å². The van der Waals surface area contributed by atoms with Crippen molar-refractivity contribution in [3.05, 3.63) is 11.6 Å². The Bertz CT molecular complexity index is 657. The molecule has 0 amide bonds. The molecule has 4 rings (SSSR count). The van der Waals surface area contributed by atoms with Gasteiger partial charge in [0.1, 0.15) is 0 Å². The number of hydrogen-bond donors (Lipinski definition) is 0. The van der Waals surface area contributed by atoms with Crippen LogP contribution >= 0.6 is 0 Å². The summed E-state index contributed by atoms with van der Waals surface area (Å²) >= 11 is 0. The average molecular weight is 652 g/mol. The average Bonchev–Trinajstić information content (AvgIpc) is 3.05. The van der Waals surface area contributed by atoms with Gasteiger partial charge >= 0.3 is 0 Å². The molecule has 0 aromatic carbocycles. The van der Waals surface area contributed by atoms with Gasteiger partial charge in [0.15, 0.2) is 0 Å². The van der Waals surface area contributed by atoms with Crippen LogP contribution in [-0.4, -0.2) is 12.6 Å². The van der Waals surface area contributed by atoms with Gasteiger partial charge in [-0.05, 0) is 91.3 Å². The summed E-state index contributed by atoms with van der Waals surface area (Å²) in [5, 5.41) is 0. The summed E-state index contributed by atoms with van der Waals surface area (Å²) in [6.07, 6.45) is 17.1. The smallest absolute Gasteiger partial charge is 0.0634 e. The SMILES string of the molecule is CC(C)CCCC(C)C1CCC2C3CC=C4CC(O[C-]=O)CCC4(C)C3CCC12C.[U]. The van der Waals surface area contributed by atoms with Crippen molar-refractivity contribution in [1.29, 1.82) is 0 Å². The first-order valence-electron chi connectivity index (χ1n) is 13.0. The maximum absolute atomic E-state index is 10.7. The van der Waals surface area contributed by atoms with Crippen LogP contribution in [0.4, 0.5) is 0 Å². The van der Waals surface area contributed by atoms with Crippen molar-refractivity contribution in [1.82, 2.24) is 0 Å². The Morgan fingerprint density at radius 3 is 2.55 bits per heavy atom. The minimum atomic E-state index is 0. The number of ether oxygens (including phenoxy) is 1. The fourth-order valence-corrected chi connectivity index (χ4v) is 8.82. The normalized spacial score (nSPS) is 42.5. The molecule has 0 saturated heterocycles. The third-order valence-electron chi connectivity index (χ3n) is 10.5. The van der Waals surface area contributed by atoms with Crippen LogP contribution in [0.3, 0.4) is 0 Å². The van der Waals surface area contributed by atoms with Gasteiger partial charge in [0.05, 0.1) is 6.10 Å².